The molecule has 0 saturated heterocycles. The molecule has 3 N–H and O–H groups in total. The zero-order chi connectivity index (χ0) is 13.8. The van der Waals surface area contributed by atoms with Crippen molar-refractivity contribution in [3.8, 4) is 0 Å². The first kappa shape index (κ1) is 15.4. The summed E-state index contributed by atoms with van der Waals surface area (Å²) in [4.78, 5) is 14.1. The Hall–Kier alpha value is -0.650. The number of nitrogens with one attached hydrogen (secondary N) is 1. The van der Waals surface area contributed by atoms with Crippen molar-refractivity contribution < 1.29 is 9.53 Å². The third-order valence-corrected chi connectivity index (χ3v) is 3.93. The standard InChI is InChI=1S/C13H27N3O2/c1-10(2)16(7-8-18-4)9-13(15-3,12(14)17)11-5-6-11/h10-11,15H,5-9H2,1-4H3,(H2,14,17). The minimum Gasteiger partial charge on any atom is -0.383 e. The number of likely N-dealkylation sites (N-methyl/N-ethyl adjacent to an activating group) is 1. The van der Waals surface area contributed by atoms with Crippen LogP contribution in [0.2, 0.25) is 0 Å². The van der Waals surface area contributed by atoms with E-state index in [4.69, 9.17) is 10.5 Å². The number of carbonyl (C=O) groups is 1. The van der Waals surface area contributed by atoms with E-state index in [9.17, 15) is 4.79 Å². The van der Waals surface area contributed by atoms with Gasteiger partial charge in [-0.3, -0.25) is 9.69 Å². The largest absolute Gasteiger partial charge is 0.383 e. The van der Waals surface area contributed by atoms with Crippen LogP contribution in [-0.2, 0) is 9.53 Å². The van der Waals surface area contributed by atoms with Crippen molar-refractivity contribution in [2.24, 2.45) is 11.7 Å². The van der Waals surface area contributed by atoms with E-state index in [1.165, 1.54) is 0 Å². The van der Waals surface area contributed by atoms with Gasteiger partial charge in [0.05, 0.1) is 6.61 Å². The smallest absolute Gasteiger partial charge is 0.239 e. The van der Waals surface area contributed by atoms with E-state index in [0.29, 0.717) is 25.1 Å². The highest BCUT2D eigenvalue weighted by molar-refractivity contribution is 5.86. The van der Waals surface area contributed by atoms with E-state index in [1.807, 2.05) is 7.05 Å². The van der Waals surface area contributed by atoms with Crippen molar-refractivity contribution >= 4 is 5.91 Å². The molecule has 0 heterocycles. The van der Waals surface area contributed by atoms with Crippen LogP contribution < -0.4 is 11.1 Å². The van der Waals surface area contributed by atoms with Gasteiger partial charge in [0.25, 0.3) is 0 Å². The molecule has 1 amide bonds. The molecule has 0 aliphatic heterocycles. The number of hydrogen-bond donors (Lipinski definition) is 2. The van der Waals surface area contributed by atoms with Crippen molar-refractivity contribution in [2.75, 3.05) is 33.9 Å². The zero-order valence-corrected chi connectivity index (χ0v) is 12.0. The monoisotopic (exact) mass is 257 g/mol. The van der Waals surface area contributed by atoms with Gasteiger partial charge in [-0.05, 0) is 39.7 Å². The van der Waals surface area contributed by atoms with E-state index in [-0.39, 0.29) is 5.91 Å². The van der Waals surface area contributed by atoms with E-state index >= 15 is 0 Å². The molecule has 1 aliphatic carbocycles. The Morgan fingerprint density at radius 3 is 2.50 bits per heavy atom. The van der Waals surface area contributed by atoms with Crippen molar-refractivity contribution in [3.63, 3.8) is 0 Å². The summed E-state index contributed by atoms with van der Waals surface area (Å²) in [7, 11) is 3.52. The number of rotatable bonds is 9. The lowest BCUT2D eigenvalue weighted by Gasteiger charge is -2.38. The summed E-state index contributed by atoms with van der Waals surface area (Å²) in [6.45, 7) is 6.40. The molecule has 1 atom stereocenters. The van der Waals surface area contributed by atoms with Crippen LogP contribution in [0, 0.1) is 5.92 Å². The molecular formula is C13H27N3O2. The van der Waals surface area contributed by atoms with E-state index in [0.717, 1.165) is 19.4 Å². The summed E-state index contributed by atoms with van der Waals surface area (Å²) in [5.74, 6) is 0.138. The molecule has 0 aromatic carbocycles. The molecule has 0 radical (unpaired) electrons. The predicted molar refractivity (Wildman–Crippen MR) is 72.3 cm³/mol. The van der Waals surface area contributed by atoms with Crippen molar-refractivity contribution in [3.05, 3.63) is 0 Å². The summed E-state index contributed by atoms with van der Waals surface area (Å²) in [6, 6.07) is 0.367. The Morgan fingerprint density at radius 1 is 1.56 bits per heavy atom. The van der Waals surface area contributed by atoms with Crippen LogP contribution in [0.1, 0.15) is 26.7 Å². The quantitative estimate of drug-likeness (QED) is 0.619. The lowest BCUT2D eigenvalue weighted by atomic mass is 9.91. The summed E-state index contributed by atoms with van der Waals surface area (Å²) in [5, 5.41) is 3.18. The Balaban J connectivity index is 2.76. The molecule has 18 heavy (non-hydrogen) atoms. The predicted octanol–water partition coefficient (Wildman–Crippen LogP) is 0.197. The fourth-order valence-electron chi connectivity index (χ4n) is 2.44. The van der Waals surface area contributed by atoms with Crippen LogP contribution in [0.4, 0.5) is 0 Å². The molecule has 0 aromatic heterocycles. The lowest BCUT2D eigenvalue weighted by Crippen LogP contribution is -2.63. The van der Waals surface area contributed by atoms with Gasteiger partial charge in [0.15, 0.2) is 0 Å². The Kier molecular flexibility index (Phi) is 5.56. The highest BCUT2D eigenvalue weighted by Crippen LogP contribution is 2.40. The van der Waals surface area contributed by atoms with Gasteiger partial charge in [-0.15, -0.1) is 0 Å². The van der Waals surface area contributed by atoms with Gasteiger partial charge in [-0.2, -0.15) is 0 Å². The molecule has 106 valence electrons. The lowest BCUT2D eigenvalue weighted by molar-refractivity contribution is -0.126. The van der Waals surface area contributed by atoms with Gasteiger partial charge in [-0.25, -0.2) is 0 Å². The van der Waals surface area contributed by atoms with Crippen LogP contribution >= 0.6 is 0 Å². The summed E-state index contributed by atoms with van der Waals surface area (Å²) < 4.78 is 5.13. The molecule has 1 aliphatic rings. The molecule has 5 heteroatoms. The molecular weight excluding hydrogens is 230 g/mol. The van der Waals surface area contributed by atoms with E-state index in [1.54, 1.807) is 7.11 Å². The van der Waals surface area contributed by atoms with Crippen LogP contribution in [-0.4, -0.2) is 56.2 Å². The van der Waals surface area contributed by atoms with Gasteiger partial charge >= 0.3 is 0 Å². The van der Waals surface area contributed by atoms with Gasteiger partial charge in [0, 0.05) is 26.2 Å². The van der Waals surface area contributed by atoms with Crippen LogP contribution in [0.3, 0.4) is 0 Å². The number of carbonyl (C=O) groups excluding carboxylic acids is 1. The Labute approximate surface area is 110 Å². The van der Waals surface area contributed by atoms with Crippen LogP contribution in [0.15, 0.2) is 0 Å². The first-order valence-corrected chi connectivity index (χ1v) is 6.69. The fourth-order valence-corrected chi connectivity index (χ4v) is 2.44. The highest BCUT2D eigenvalue weighted by Gasteiger charge is 2.49. The minimum atomic E-state index is -0.585. The molecule has 0 spiro atoms. The van der Waals surface area contributed by atoms with Gasteiger partial charge < -0.3 is 15.8 Å². The van der Waals surface area contributed by atoms with Gasteiger partial charge in [-0.1, -0.05) is 0 Å². The maximum absolute atomic E-state index is 11.9. The third kappa shape index (κ3) is 3.43. The summed E-state index contributed by atoms with van der Waals surface area (Å²) in [5.41, 5.74) is 5.06. The normalized spacial score (nSPS) is 19.2. The molecule has 1 rings (SSSR count). The zero-order valence-electron chi connectivity index (χ0n) is 12.0. The second-order valence-electron chi connectivity index (χ2n) is 5.42. The maximum atomic E-state index is 11.9. The minimum absolute atomic E-state index is 0.240. The van der Waals surface area contributed by atoms with E-state index < -0.39 is 5.54 Å². The number of primary amides is 1. The first-order valence-electron chi connectivity index (χ1n) is 6.69. The third-order valence-electron chi connectivity index (χ3n) is 3.93. The van der Waals surface area contributed by atoms with Crippen molar-refractivity contribution in [1.82, 2.24) is 10.2 Å². The Morgan fingerprint density at radius 2 is 2.17 bits per heavy atom. The van der Waals surface area contributed by atoms with Gasteiger partial charge in [0.1, 0.15) is 5.54 Å². The number of nitrogens with zero attached hydrogens (tertiary/aromatic N) is 1. The topological polar surface area (TPSA) is 67.6 Å². The SMILES string of the molecule is CNC(CN(CCOC)C(C)C)(C(N)=O)C1CC1. The molecule has 1 saturated carbocycles. The summed E-state index contributed by atoms with van der Waals surface area (Å²) in [6.07, 6.45) is 2.17. The van der Waals surface area contributed by atoms with Crippen LogP contribution in [0.25, 0.3) is 0 Å². The molecule has 1 unspecified atom stereocenters. The molecule has 0 aromatic rings. The number of amides is 1. The molecule has 0 bridgehead atoms. The molecule has 5 nitrogen and oxygen atoms in total. The van der Waals surface area contributed by atoms with E-state index in [2.05, 4.69) is 24.1 Å². The highest BCUT2D eigenvalue weighted by atomic mass is 16.5. The fraction of sp³-hybridized carbons (Fsp3) is 0.923. The maximum Gasteiger partial charge on any atom is 0.239 e. The average Bonchev–Trinajstić information content (AvgIpc) is 3.13. The van der Waals surface area contributed by atoms with Crippen molar-refractivity contribution in [1.29, 1.82) is 0 Å². The number of hydrogen-bond acceptors (Lipinski definition) is 4. The summed E-state index contributed by atoms with van der Waals surface area (Å²) >= 11 is 0. The Bertz CT molecular complexity index is 279. The van der Waals surface area contributed by atoms with Crippen LogP contribution in [0.5, 0.6) is 0 Å². The number of methoxy groups -OCH3 is 1. The number of nitrogens with two attached hydrogens (primary N) is 1. The number of ether oxygens (including phenoxy) is 1. The van der Waals surface area contributed by atoms with Crippen molar-refractivity contribution in [2.45, 2.75) is 38.3 Å². The molecule has 1 fully saturated rings. The second kappa shape index (κ2) is 6.50. The first-order chi connectivity index (χ1) is 8.47. The second-order valence-corrected chi connectivity index (χ2v) is 5.42. The average molecular weight is 257 g/mol. The van der Waals surface area contributed by atoms with Gasteiger partial charge in [0.2, 0.25) is 5.91 Å².